The second-order valence-electron chi connectivity index (χ2n) is 7.51. The first-order valence-electron chi connectivity index (χ1n) is 10.3. The van der Waals surface area contributed by atoms with Crippen molar-refractivity contribution < 1.29 is 4.79 Å². The van der Waals surface area contributed by atoms with Crippen LogP contribution >= 0.6 is 23.2 Å². The molecule has 5 rings (SSSR count). The van der Waals surface area contributed by atoms with E-state index in [2.05, 4.69) is 25.6 Å². The summed E-state index contributed by atoms with van der Waals surface area (Å²) in [5.41, 5.74) is 4.13. The summed E-state index contributed by atoms with van der Waals surface area (Å²) in [5, 5.41) is 11.7. The molecular formula is C23H20Cl2N6O. The van der Waals surface area contributed by atoms with Crippen LogP contribution < -0.4 is 15.5 Å². The Balaban J connectivity index is 1.46. The highest BCUT2D eigenvalue weighted by molar-refractivity contribution is 6.35. The number of nitrogens with one attached hydrogen (secondary N) is 2. The molecule has 2 N–H and O–H groups in total. The molecule has 0 unspecified atom stereocenters. The van der Waals surface area contributed by atoms with Crippen LogP contribution in [0.4, 0.5) is 11.4 Å². The first-order chi connectivity index (χ1) is 15.6. The summed E-state index contributed by atoms with van der Waals surface area (Å²) in [5.74, 6) is -0.286. The third-order valence-corrected chi connectivity index (χ3v) is 5.82. The summed E-state index contributed by atoms with van der Waals surface area (Å²) in [6.45, 7) is 3.60. The molecule has 0 radical (unpaired) electrons. The van der Waals surface area contributed by atoms with Gasteiger partial charge in [0.05, 0.1) is 17.6 Å². The number of amides is 1. The number of carbonyl (C=O) groups excluding carboxylic acids is 1. The molecule has 0 bridgehead atoms. The zero-order chi connectivity index (χ0) is 22.1. The number of hydrogen-bond donors (Lipinski definition) is 2. The Bertz CT molecular complexity index is 1280. The molecule has 0 aliphatic carbocycles. The zero-order valence-electron chi connectivity index (χ0n) is 17.1. The minimum atomic E-state index is -0.286. The van der Waals surface area contributed by atoms with Gasteiger partial charge in [0.15, 0.2) is 5.65 Å². The van der Waals surface area contributed by atoms with Gasteiger partial charge in [-0.2, -0.15) is 5.10 Å². The van der Waals surface area contributed by atoms with Crippen molar-refractivity contribution in [2.24, 2.45) is 0 Å². The summed E-state index contributed by atoms with van der Waals surface area (Å²) in [7, 11) is 0. The smallest absolute Gasteiger partial charge is 0.274 e. The van der Waals surface area contributed by atoms with Crippen molar-refractivity contribution in [1.29, 1.82) is 0 Å². The number of anilines is 2. The average Bonchev–Trinajstić information content (AvgIpc) is 3.23. The highest BCUT2D eigenvalue weighted by atomic mass is 35.5. The molecule has 3 heterocycles. The second kappa shape index (κ2) is 8.78. The number of nitrogens with zero attached hydrogens (tertiary/aromatic N) is 4. The van der Waals surface area contributed by atoms with Gasteiger partial charge in [0.25, 0.3) is 5.91 Å². The lowest BCUT2D eigenvalue weighted by Crippen LogP contribution is -2.43. The standard InChI is InChI=1S/C23H20Cl2N6O/c24-16-11-15(12-17(25)13-16)18-14-27-31-8-5-20(28-22(18)31)23(32)29-19-3-1-2-4-21(19)30-9-6-26-7-10-30/h1-5,8,11-14,26H,6-7,9-10H2,(H,29,32). The molecular weight excluding hydrogens is 447 g/mol. The van der Waals surface area contributed by atoms with Gasteiger partial charge < -0.3 is 15.5 Å². The quantitative estimate of drug-likeness (QED) is 0.467. The summed E-state index contributed by atoms with van der Waals surface area (Å²) >= 11 is 12.3. The Hall–Kier alpha value is -3.13. The van der Waals surface area contributed by atoms with Crippen molar-refractivity contribution >= 4 is 46.1 Å². The van der Waals surface area contributed by atoms with E-state index in [1.807, 2.05) is 24.3 Å². The van der Waals surface area contributed by atoms with Crippen LogP contribution in [0, 0.1) is 0 Å². The van der Waals surface area contributed by atoms with Crippen LogP contribution in [0.25, 0.3) is 16.8 Å². The number of aromatic nitrogens is 3. The van der Waals surface area contributed by atoms with E-state index >= 15 is 0 Å². The van der Waals surface area contributed by atoms with E-state index in [1.165, 1.54) is 0 Å². The van der Waals surface area contributed by atoms with E-state index in [0.717, 1.165) is 48.7 Å². The van der Waals surface area contributed by atoms with Crippen LogP contribution in [-0.4, -0.2) is 46.7 Å². The van der Waals surface area contributed by atoms with Gasteiger partial charge in [-0.25, -0.2) is 9.50 Å². The fraction of sp³-hybridized carbons (Fsp3) is 0.174. The molecule has 2 aromatic heterocycles. The van der Waals surface area contributed by atoms with E-state index in [0.29, 0.717) is 21.4 Å². The predicted molar refractivity (Wildman–Crippen MR) is 128 cm³/mol. The van der Waals surface area contributed by atoms with Crippen molar-refractivity contribution in [3.63, 3.8) is 0 Å². The lowest BCUT2D eigenvalue weighted by Gasteiger charge is -2.31. The molecule has 1 amide bonds. The number of benzene rings is 2. The minimum Gasteiger partial charge on any atom is -0.367 e. The Kier molecular flexibility index (Phi) is 5.70. The van der Waals surface area contributed by atoms with Gasteiger partial charge in [-0.1, -0.05) is 35.3 Å². The lowest BCUT2D eigenvalue weighted by molar-refractivity contribution is 0.102. The van der Waals surface area contributed by atoms with Gasteiger partial charge in [-0.05, 0) is 42.0 Å². The maximum Gasteiger partial charge on any atom is 0.274 e. The summed E-state index contributed by atoms with van der Waals surface area (Å²) < 4.78 is 1.62. The number of hydrogen-bond acceptors (Lipinski definition) is 5. The maximum absolute atomic E-state index is 13.1. The van der Waals surface area contributed by atoms with E-state index in [-0.39, 0.29) is 5.91 Å². The molecule has 0 saturated carbocycles. The predicted octanol–water partition coefficient (Wildman–Crippen LogP) is 4.37. The topological polar surface area (TPSA) is 74.6 Å². The largest absolute Gasteiger partial charge is 0.367 e. The van der Waals surface area contributed by atoms with Crippen LogP contribution in [0.3, 0.4) is 0 Å². The van der Waals surface area contributed by atoms with Crippen LogP contribution in [-0.2, 0) is 0 Å². The van der Waals surface area contributed by atoms with Gasteiger partial charge in [0.1, 0.15) is 5.69 Å². The normalized spacial score (nSPS) is 14.0. The Morgan fingerprint density at radius 2 is 1.78 bits per heavy atom. The molecule has 162 valence electrons. The van der Waals surface area contributed by atoms with Crippen LogP contribution in [0.2, 0.25) is 10.0 Å². The Morgan fingerprint density at radius 3 is 2.56 bits per heavy atom. The van der Waals surface area contributed by atoms with Gasteiger partial charge in [0, 0.05) is 48.0 Å². The fourth-order valence-corrected chi connectivity index (χ4v) is 4.38. The molecule has 1 saturated heterocycles. The fourth-order valence-electron chi connectivity index (χ4n) is 3.86. The number of fused-ring (bicyclic) bond motifs is 1. The maximum atomic E-state index is 13.1. The van der Waals surface area contributed by atoms with E-state index in [1.54, 1.807) is 41.2 Å². The molecule has 1 aliphatic heterocycles. The molecule has 32 heavy (non-hydrogen) atoms. The summed E-state index contributed by atoms with van der Waals surface area (Å²) in [4.78, 5) is 19.9. The Labute approximate surface area is 195 Å². The van der Waals surface area contributed by atoms with Crippen LogP contribution in [0.5, 0.6) is 0 Å². The third-order valence-electron chi connectivity index (χ3n) is 5.39. The molecule has 0 atom stereocenters. The summed E-state index contributed by atoms with van der Waals surface area (Å²) in [6.07, 6.45) is 3.40. The monoisotopic (exact) mass is 466 g/mol. The molecule has 0 spiro atoms. The molecule has 1 fully saturated rings. The first kappa shape index (κ1) is 20.8. The zero-order valence-corrected chi connectivity index (χ0v) is 18.6. The first-order valence-corrected chi connectivity index (χ1v) is 11.0. The Morgan fingerprint density at radius 1 is 1.03 bits per heavy atom. The average molecular weight is 467 g/mol. The number of piperazine rings is 1. The summed E-state index contributed by atoms with van der Waals surface area (Å²) in [6, 6.07) is 14.7. The number of halogens is 2. The number of rotatable bonds is 4. The highest BCUT2D eigenvalue weighted by Gasteiger charge is 2.18. The van der Waals surface area contributed by atoms with Gasteiger partial charge >= 0.3 is 0 Å². The van der Waals surface area contributed by atoms with E-state index in [9.17, 15) is 4.79 Å². The van der Waals surface area contributed by atoms with Gasteiger partial charge in [0.2, 0.25) is 0 Å². The van der Waals surface area contributed by atoms with Crippen molar-refractivity contribution in [1.82, 2.24) is 19.9 Å². The molecule has 9 heteroatoms. The van der Waals surface area contributed by atoms with Crippen molar-refractivity contribution in [2.45, 2.75) is 0 Å². The lowest BCUT2D eigenvalue weighted by atomic mass is 10.1. The highest BCUT2D eigenvalue weighted by Crippen LogP contribution is 2.30. The van der Waals surface area contributed by atoms with E-state index in [4.69, 9.17) is 23.2 Å². The van der Waals surface area contributed by atoms with Crippen LogP contribution in [0.15, 0.2) is 60.9 Å². The molecule has 7 nitrogen and oxygen atoms in total. The van der Waals surface area contributed by atoms with Crippen LogP contribution in [0.1, 0.15) is 10.5 Å². The number of carbonyl (C=O) groups is 1. The molecule has 2 aromatic carbocycles. The minimum absolute atomic E-state index is 0.286. The SMILES string of the molecule is O=C(Nc1ccccc1N1CCNCC1)c1ccn2ncc(-c3cc(Cl)cc(Cl)c3)c2n1. The second-order valence-corrected chi connectivity index (χ2v) is 8.38. The third kappa shape index (κ3) is 4.14. The van der Waals surface area contributed by atoms with Crippen molar-refractivity contribution in [2.75, 3.05) is 36.4 Å². The number of para-hydroxylation sites is 2. The van der Waals surface area contributed by atoms with E-state index < -0.39 is 0 Å². The van der Waals surface area contributed by atoms with Crippen molar-refractivity contribution in [3.05, 3.63) is 76.7 Å². The van der Waals surface area contributed by atoms with Gasteiger partial charge in [-0.15, -0.1) is 0 Å². The molecule has 4 aromatic rings. The molecule has 1 aliphatic rings. The van der Waals surface area contributed by atoms with Gasteiger partial charge in [-0.3, -0.25) is 4.79 Å². The van der Waals surface area contributed by atoms with Crippen molar-refractivity contribution in [3.8, 4) is 11.1 Å².